The molecule has 9 heteroatoms. The molecule has 0 atom stereocenters. The van der Waals surface area contributed by atoms with E-state index in [1.165, 1.54) is 23.5 Å². The van der Waals surface area contributed by atoms with Gasteiger partial charge in [0.05, 0.1) is 35.7 Å². The van der Waals surface area contributed by atoms with Crippen LogP contribution < -0.4 is 10.2 Å². The molecule has 0 radical (unpaired) electrons. The largest absolute Gasteiger partial charge is 0.418 e. The molecule has 0 unspecified atom stereocenters. The number of halogens is 3. The summed E-state index contributed by atoms with van der Waals surface area (Å²) in [5.41, 5.74) is 1.48. The second-order valence-corrected chi connectivity index (χ2v) is 6.28. The van der Waals surface area contributed by atoms with E-state index < -0.39 is 17.6 Å². The fraction of sp³-hybridized carbons (Fsp3) is 0.294. The summed E-state index contributed by atoms with van der Waals surface area (Å²) in [7, 11) is 0. The molecule has 1 aromatic heterocycles. The quantitative estimate of drug-likeness (QED) is 0.819. The number of nitrogens with one attached hydrogen (secondary N) is 1. The van der Waals surface area contributed by atoms with Crippen LogP contribution in [0.5, 0.6) is 0 Å². The molecule has 1 aliphatic heterocycles. The van der Waals surface area contributed by atoms with Crippen LogP contribution in [0.2, 0.25) is 0 Å². The van der Waals surface area contributed by atoms with Crippen LogP contribution in [-0.4, -0.2) is 37.2 Å². The summed E-state index contributed by atoms with van der Waals surface area (Å²) in [5.74, 6) is -0.650. The number of anilines is 2. The second kappa shape index (κ2) is 7.88. The molecule has 1 fully saturated rings. The molecule has 1 amide bonds. The first kappa shape index (κ1) is 18.4. The maximum Gasteiger partial charge on any atom is 0.418 e. The Morgan fingerprint density at radius 1 is 1.31 bits per heavy atom. The Labute approximate surface area is 152 Å². The molecule has 5 nitrogen and oxygen atoms in total. The lowest BCUT2D eigenvalue weighted by atomic mass is 10.1. The van der Waals surface area contributed by atoms with Crippen molar-refractivity contribution >= 4 is 34.7 Å². The number of carbonyl (C=O) groups is 1. The molecule has 0 aliphatic carbocycles. The highest BCUT2D eigenvalue weighted by Gasteiger charge is 2.34. The zero-order valence-electron chi connectivity index (χ0n) is 13.6. The summed E-state index contributed by atoms with van der Waals surface area (Å²) in [5, 5.41) is 4.02. The van der Waals surface area contributed by atoms with Gasteiger partial charge in [-0.15, -0.1) is 11.3 Å². The Kier molecular flexibility index (Phi) is 5.58. The van der Waals surface area contributed by atoms with E-state index in [9.17, 15) is 18.0 Å². The number of aromatic nitrogens is 1. The number of rotatable bonds is 4. The standard InChI is InChI=1S/C17H16F3N3O2S/c18-17(19,20)14-9-13(23-5-7-25-8-6-23)2-3-15(14)22-16(24)4-1-12-10-26-11-21-12/h1-4,9-11H,5-8H2,(H,22,24)/b4-1+. The number of carbonyl (C=O) groups excluding carboxylic acids is 1. The average Bonchev–Trinajstić information content (AvgIpc) is 3.14. The van der Waals surface area contributed by atoms with Gasteiger partial charge in [0.1, 0.15) is 0 Å². The van der Waals surface area contributed by atoms with Crippen molar-refractivity contribution in [1.29, 1.82) is 0 Å². The minimum absolute atomic E-state index is 0.276. The van der Waals surface area contributed by atoms with Crippen LogP contribution in [0.1, 0.15) is 11.3 Å². The van der Waals surface area contributed by atoms with Gasteiger partial charge in [-0.3, -0.25) is 4.79 Å². The third-order valence-corrected chi connectivity index (χ3v) is 4.40. The van der Waals surface area contributed by atoms with Gasteiger partial charge in [0.2, 0.25) is 5.91 Å². The van der Waals surface area contributed by atoms with Crippen LogP contribution >= 0.6 is 11.3 Å². The van der Waals surface area contributed by atoms with Gasteiger partial charge in [-0.2, -0.15) is 13.2 Å². The predicted octanol–water partition coefficient (Wildman–Crippen LogP) is 3.65. The summed E-state index contributed by atoms with van der Waals surface area (Å²) in [4.78, 5) is 17.8. The highest BCUT2D eigenvalue weighted by atomic mass is 32.1. The number of benzene rings is 1. The molecule has 1 saturated heterocycles. The number of ether oxygens (including phenoxy) is 1. The van der Waals surface area contributed by atoms with E-state index in [1.54, 1.807) is 17.0 Å². The van der Waals surface area contributed by atoms with Gasteiger partial charge in [-0.05, 0) is 24.3 Å². The number of morpholine rings is 1. The van der Waals surface area contributed by atoms with Gasteiger partial charge in [-0.25, -0.2) is 4.98 Å². The second-order valence-electron chi connectivity index (χ2n) is 5.56. The molecule has 138 valence electrons. The fourth-order valence-corrected chi connectivity index (χ4v) is 3.06. The lowest BCUT2D eigenvalue weighted by Crippen LogP contribution is -2.36. The smallest absolute Gasteiger partial charge is 0.378 e. The minimum Gasteiger partial charge on any atom is -0.378 e. The Morgan fingerprint density at radius 2 is 2.08 bits per heavy atom. The van der Waals surface area contributed by atoms with Gasteiger partial charge in [-0.1, -0.05) is 0 Å². The molecule has 0 spiro atoms. The minimum atomic E-state index is -4.58. The molecule has 2 aromatic rings. The van der Waals surface area contributed by atoms with Crippen molar-refractivity contribution in [2.45, 2.75) is 6.18 Å². The number of thiazole rings is 1. The normalized spacial score (nSPS) is 15.4. The first-order valence-electron chi connectivity index (χ1n) is 7.85. The first-order valence-corrected chi connectivity index (χ1v) is 8.79. The van der Waals surface area contributed by atoms with Crippen molar-refractivity contribution in [2.24, 2.45) is 0 Å². The fourth-order valence-electron chi connectivity index (χ4n) is 2.53. The monoisotopic (exact) mass is 383 g/mol. The third kappa shape index (κ3) is 4.61. The number of alkyl halides is 3. The van der Waals surface area contributed by atoms with Crippen molar-refractivity contribution < 1.29 is 22.7 Å². The van der Waals surface area contributed by atoms with Crippen molar-refractivity contribution in [3.8, 4) is 0 Å². The number of hydrogen-bond acceptors (Lipinski definition) is 5. The zero-order chi connectivity index (χ0) is 18.6. The Morgan fingerprint density at radius 3 is 2.73 bits per heavy atom. The Hall–Kier alpha value is -2.39. The summed E-state index contributed by atoms with van der Waals surface area (Å²) in [6.07, 6.45) is -1.98. The molecular weight excluding hydrogens is 367 g/mol. The van der Waals surface area contributed by atoms with Crippen LogP contribution in [0.15, 0.2) is 35.2 Å². The van der Waals surface area contributed by atoms with E-state index >= 15 is 0 Å². The molecular formula is C17H16F3N3O2S. The van der Waals surface area contributed by atoms with E-state index in [0.717, 1.165) is 12.1 Å². The third-order valence-electron chi connectivity index (χ3n) is 3.80. The molecule has 1 aromatic carbocycles. The molecule has 0 bridgehead atoms. The predicted molar refractivity (Wildman–Crippen MR) is 94.3 cm³/mol. The summed E-state index contributed by atoms with van der Waals surface area (Å²) < 4.78 is 45.5. The Bertz CT molecular complexity index is 785. The summed E-state index contributed by atoms with van der Waals surface area (Å²) in [6.45, 7) is 2.00. The molecule has 26 heavy (non-hydrogen) atoms. The topological polar surface area (TPSA) is 54.5 Å². The van der Waals surface area contributed by atoms with E-state index in [-0.39, 0.29) is 5.69 Å². The van der Waals surface area contributed by atoms with E-state index in [0.29, 0.717) is 37.7 Å². The number of hydrogen-bond donors (Lipinski definition) is 1. The van der Waals surface area contributed by atoms with Crippen LogP contribution in [0.3, 0.4) is 0 Å². The summed E-state index contributed by atoms with van der Waals surface area (Å²) in [6, 6.07) is 3.91. The van der Waals surface area contributed by atoms with E-state index in [1.807, 2.05) is 4.90 Å². The van der Waals surface area contributed by atoms with Gasteiger partial charge in [0, 0.05) is 30.2 Å². The van der Waals surface area contributed by atoms with Crippen molar-refractivity contribution in [3.63, 3.8) is 0 Å². The maximum atomic E-state index is 13.4. The highest BCUT2D eigenvalue weighted by molar-refractivity contribution is 7.07. The van der Waals surface area contributed by atoms with Crippen LogP contribution in [0, 0.1) is 0 Å². The van der Waals surface area contributed by atoms with Crippen molar-refractivity contribution in [3.05, 3.63) is 46.4 Å². The average molecular weight is 383 g/mol. The van der Waals surface area contributed by atoms with Crippen molar-refractivity contribution in [2.75, 3.05) is 36.5 Å². The van der Waals surface area contributed by atoms with E-state index in [4.69, 9.17) is 4.74 Å². The maximum absolute atomic E-state index is 13.4. The van der Waals surface area contributed by atoms with Gasteiger partial charge >= 0.3 is 6.18 Å². The molecule has 1 N–H and O–H groups in total. The van der Waals surface area contributed by atoms with Crippen molar-refractivity contribution in [1.82, 2.24) is 4.98 Å². The van der Waals surface area contributed by atoms with Crippen LogP contribution in [-0.2, 0) is 15.7 Å². The number of nitrogens with zero attached hydrogens (tertiary/aromatic N) is 2. The van der Waals surface area contributed by atoms with Crippen LogP contribution in [0.4, 0.5) is 24.5 Å². The molecule has 0 saturated carbocycles. The first-order chi connectivity index (χ1) is 12.4. The van der Waals surface area contributed by atoms with Gasteiger partial charge in [0.25, 0.3) is 0 Å². The highest BCUT2D eigenvalue weighted by Crippen LogP contribution is 2.37. The SMILES string of the molecule is O=C(/C=C/c1cscn1)Nc1ccc(N2CCOCC2)cc1C(F)(F)F. The zero-order valence-corrected chi connectivity index (χ0v) is 14.4. The van der Waals surface area contributed by atoms with Gasteiger partial charge < -0.3 is 15.0 Å². The van der Waals surface area contributed by atoms with E-state index in [2.05, 4.69) is 10.3 Å². The summed E-state index contributed by atoms with van der Waals surface area (Å²) >= 11 is 1.36. The lowest BCUT2D eigenvalue weighted by molar-refractivity contribution is -0.136. The molecule has 1 aliphatic rings. The van der Waals surface area contributed by atoms with Gasteiger partial charge in [0.15, 0.2) is 0 Å². The Balaban J connectivity index is 1.80. The molecule has 2 heterocycles. The lowest BCUT2D eigenvalue weighted by Gasteiger charge is -2.29. The van der Waals surface area contributed by atoms with Crippen LogP contribution in [0.25, 0.3) is 6.08 Å². The molecule has 3 rings (SSSR count). The number of amides is 1.